The third-order valence-corrected chi connectivity index (χ3v) is 7.27. The van der Waals surface area contributed by atoms with Crippen molar-refractivity contribution in [1.82, 2.24) is 19.3 Å². The van der Waals surface area contributed by atoms with Crippen LogP contribution in [-0.4, -0.2) is 43.6 Å². The van der Waals surface area contributed by atoms with Crippen LogP contribution in [0.4, 0.5) is 14.5 Å². The monoisotopic (exact) mass is 489 g/mol. The molecule has 4 heterocycles. The molecule has 0 aliphatic carbocycles. The lowest BCUT2D eigenvalue weighted by Crippen LogP contribution is -2.35. The molecule has 186 valence electrons. The quantitative estimate of drug-likeness (QED) is 0.427. The van der Waals surface area contributed by atoms with Gasteiger partial charge in [0.2, 0.25) is 0 Å². The van der Waals surface area contributed by atoms with Crippen molar-refractivity contribution in [3.05, 3.63) is 77.6 Å². The van der Waals surface area contributed by atoms with Gasteiger partial charge in [0.15, 0.2) is 23.3 Å². The molecule has 36 heavy (non-hydrogen) atoms. The highest BCUT2D eigenvalue weighted by Crippen LogP contribution is 2.29. The number of nitrogens with zero attached hydrogens (tertiary/aromatic N) is 5. The number of piperidine rings is 1. The molecule has 1 fully saturated rings. The molecule has 2 aliphatic heterocycles. The Balaban J connectivity index is 1.34. The first-order chi connectivity index (χ1) is 17.5. The van der Waals surface area contributed by atoms with Gasteiger partial charge < -0.3 is 14.6 Å². The van der Waals surface area contributed by atoms with Crippen LogP contribution in [-0.2, 0) is 19.5 Å². The van der Waals surface area contributed by atoms with Crippen LogP contribution in [0.3, 0.4) is 0 Å². The highest BCUT2D eigenvalue weighted by molar-refractivity contribution is 5.64. The number of aryl methyl sites for hydroxylation is 2. The molecule has 8 heteroatoms. The zero-order chi connectivity index (χ0) is 24.6. The number of rotatable bonds is 5. The SMILES string of the molecule is OC1CCN(c2ccc(-c3nc(-c4cc5n(c4)CCCC5)n(Cc4ccc(F)c(F)c4)n3)cc2)CC1. The molecule has 0 unspecified atom stereocenters. The zero-order valence-corrected chi connectivity index (χ0v) is 20.1. The summed E-state index contributed by atoms with van der Waals surface area (Å²) in [6, 6.07) is 14.3. The maximum atomic E-state index is 13.9. The molecule has 4 aromatic rings. The highest BCUT2D eigenvalue weighted by atomic mass is 19.2. The minimum absolute atomic E-state index is 0.207. The van der Waals surface area contributed by atoms with Crippen molar-refractivity contribution in [3.8, 4) is 22.8 Å². The predicted molar refractivity (Wildman–Crippen MR) is 135 cm³/mol. The minimum Gasteiger partial charge on any atom is -0.393 e. The summed E-state index contributed by atoms with van der Waals surface area (Å²) in [6.45, 7) is 2.96. The van der Waals surface area contributed by atoms with Crippen molar-refractivity contribution >= 4 is 5.69 Å². The van der Waals surface area contributed by atoms with Gasteiger partial charge in [-0.05, 0) is 80.1 Å². The summed E-state index contributed by atoms with van der Waals surface area (Å²) in [5.74, 6) is -0.417. The van der Waals surface area contributed by atoms with E-state index in [2.05, 4.69) is 33.9 Å². The molecule has 0 saturated carbocycles. The molecule has 6 rings (SSSR count). The fourth-order valence-electron chi connectivity index (χ4n) is 5.23. The molecule has 1 saturated heterocycles. The number of aliphatic hydroxyl groups is 1. The van der Waals surface area contributed by atoms with Crippen LogP contribution in [0.2, 0.25) is 0 Å². The molecule has 2 aliphatic rings. The molecule has 0 atom stereocenters. The van der Waals surface area contributed by atoms with Gasteiger partial charge in [0.1, 0.15) is 0 Å². The lowest BCUT2D eigenvalue weighted by Gasteiger charge is -2.31. The van der Waals surface area contributed by atoms with Crippen LogP contribution in [0, 0.1) is 11.6 Å². The predicted octanol–water partition coefficient (Wildman–Crippen LogP) is 5.04. The molecule has 0 radical (unpaired) electrons. The van der Waals surface area contributed by atoms with E-state index in [1.165, 1.54) is 18.2 Å². The third kappa shape index (κ3) is 4.53. The topological polar surface area (TPSA) is 59.1 Å². The van der Waals surface area contributed by atoms with Crippen molar-refractivity contribution in [2.24, 2.45) is 0 Å². The van der Waals surface area contributed by atoms with Crippen molar-refractivity contribution in [3.63, 3.8) is 0 Å². The number of aromatic nitrogens is 4. The summed E-state index contributed by atoms with van der Waals surface area (Å²) in [6.07, 6.45) is 6.86. The Hall–Kier alpha value is -3.52. The van der Waals surface area contributed by atoms with Gasteiger partial charge in [-0.2, -0.15) is 5.10 Å². The van der Waals surface area contributed by atoms with Crippen LogP contribution in [0.25, 0.3) is 22.8 Å². The van der Waals surface area contributed by atoms with E-state index in [0.717, 1.165) is 68.2 Å². The number of hydrogen-bond acceptors (Lipinski definition) is 4. The van der Waals surface area contributed by atoms with Crippen LogP contribution in [0.5, 0.6) is 0 Å². The number of halogens is 2. The summed E-state index contributed by atoms with van der Waals surface area (Å²) in [7, 11) is 0. The second-order valence-electron chi connectivity index (χ2n) is 9.80. The van der Waals surface area contributed by atoms with Gasteiger partial charge in [0, 0.05) is 48.3 Å². The van der Waals surface area contributed by atoms with Crippen LogP contribution in [0.1, 0.15) is 36.9 Å². The Kier molecular flexibility index (Phi) is 6.05. The van der Waals surface area contributed by atoms with Gasteiger partial charge >= 0.3 is 0 Å². The van der Waals surface area contributed by atoms with Crippen molar-refractivity contribution < 1.29 is 13.9 Å². The van der Waals surface area contributed by atoms with Crippen molar-refractivity contribution in [2.45, 2.75) is 51.3 Å². The average Bonchev–Trinajstić information content (AvgIpc) is 3.51. The summed E-state index contributed by atoms with van der Waals surface area (Å²) in [4.78, 5) is 7.19. The molecular weight excluding hydrogens is 460 g/mol. The fourth-order valence-corrected chi connectivity index (χ4v) is 5.23. The van der Waals surface area contributed by atoms with Gasteiger partial charge in [0.05, 0.1) is 12.6 Å². The van der Waals surface area contributed by atoms with Crippen molar-refractivity contribution in [1.29, 1.82) is 0 Å². The van der Waals surface area contributed by atoms with Crippen LogP contribution >= 0.6 is 0 Å². The Morgan fingerprint density at radius 1 is 0.889 bits per heavy atom. The highest BCUT2D eigenvalue weighted by Gasteiger charge is 2.20. The standard InChI is InChI=1S/C28H29F2N5O/c29-25-9-4-19(15-26(25)30)17-35-28(21-16-23-3-1-2-12-34(23)18-21)31-27(32-35)20-5-7-22(8-6-20)33-13-10-24(36)11-14-33/h4-9,15-16,18,24,36H,1-3,10-14,17H2. The average molecular weight is 490 g/mol. The second-order valence-corrected chi connectivity index (χ2v) is 9.80. The number of hydrogen-bond donors (Lipinski definition) is 1. The van der Waals surface area contributed by atoms with Crippen LogP contribution < -0.4 is 4.90 Å². The molecule has 0 bridgehead atoms. The molecule has 2 aromatic carbocycles. The first-order valence-electron chi connectivity index (χ1n) is 12.6. The summed E-state index contributed by atoms with van der Waals surface area (Å²) in [5, 5.41) is 14.6. The molecule has 0 spiro atoms. The van der Waals surface area contributed by atoms with Gasteiger partial charge in [-0.25, -0.2) is 18.4 Å². The molecule has 2 aromatic heterocycles. The van der Waals surface area contributed by atoms with E-state index >= 15 is 0 Å². The smallest absolute Gasteiger partial charge is 0.181 e. The van der Waals surface area contributed by atoms with E-state index in [1.54, 1.807) is 10.7 Å². The van der Waals surface area contributed by atoms with Gasteiger partial charge in [-0.1, -0.05) is 6.07 Å². The minimum atomic E-state index is -0.866. The molecular formula is C28H29F2N5O. The Morgan fingerprint density at radius 3 is 2.44 bits per heavy atom. The number of fused-ring (bicyclic) bond motifs is 1. The van der Waals surface area contributed by atoms with E-state index in [0.29, 0.717) is 17.2 Å². The largest absolute Gasteiger partial charge is 0.393 e. The van der Waals surface area contributed by atoms with E-state index in [4.69, 9.17) is 10.1 Å². The Morgan fingerprint density at radius 2 is 1.69 bits per heavy atom. The molecule has 6 nitrogen and oxygen atoms in total. The number of anilines is 1. The Labute approximate surface area is 208 Å². The first-order valence-corrected chi connectivity index (χ1v) is 12.6. The maximum absolute atomic E-state index is 13.9. The van der Waals surface area contributed by atoms with Crippen LogP contribution in [0.15, 0.2) is 54.7 Å². The third-order valence-electron chi connectivity index (χ3n) is 7.27. The van der Waals surface area contributed by atoms with E-state index in [-0.39, 0.29) is 12.6 Å². The van der Waals surface area contributed by atoms with E-state index < -0.39 is 11.6 Å². The lowest BCUT2D eigenvalue weighted by molar-refractivity contribution is 0.145. The van der Waals surface area contributed by atoms with E-state index in [9.17, 15) is 13.9 Å². The molecule has 0 amide bonds. The number of aliphatic hydroxyl groups excluding tert-OH is 1. The Bertz CT molecular complexity index is 1350. The first kappa shape index (κ1) is 22.9. The summed E-state index contributed by atoms with van der Waals surface area (Å²) < 4.78 is 31.5. The fraction of sp³-hybridized carbons (Fsp3) is 0.357. The van der Waals surface area contributed by atoms with Gasteiger partial charge in [-0.15, -0.1) is 0 Å². The van der Waals surface area contributed by atoms with Crippen molar-refractivity contribution in [2.75, 3.05) is 18.0 Å². The van der Waals surface area contributed by atoms with Gasteiger partial charge in [0.25, 0.3) is 0 Å². The molecule has 1 N–H and O–H groups in total. The zero-order valence-electron chi connectivity index (χ0n) is 20.1. The van der Waals surface area contributed by atoms with E-state index in [1.807, 2.05) is 12.1 Å². The second kappa shape index (κ2) is 9.50. The summed E-state index contributed by atoms with van der Waals surface area (Å²) >= 11 is 0. The lowest BCUT2D eigenvalue weighted by atomic mass is 10.1. The summed E-state index contributed by atoms with van der Waals surface area (Å²) in [5.41, 5.74) is 4.91. The number of benzene rings is 2. The maximum Gasteiger partial charge on any atom is 0.181 e. The van der Waals surface area contributed by atoms with Gasteiger partial charge in [-0.3, -0.25) is 0 Å². The normalized spacial score (nSPS) is 16.4.